The molecule has 0 fully saturated rings. The fourth-order valence-corrected chi connectivity index (χ4v) is 2.88. The zero-order chi connectivity index (χ0) is 18.4. The van der Waals surface area contributed by atoms with Crippen LogP contribution in [0.15, 0.2) is 24.4 Å². The number of nitrogens with zero attached hydrogens (tertiary/aromatic N) is 1. The predicted octanol–water partition coefficient (Wildman–Crippen LogP) is 3.47. The fraction of sp³-hybridized carbons (Fsp3) is 0.450. The van der Waals surface area contributed by atoms with Crippen LogP contribution in [-0.2, 0) is 6.54 Å². The molecule has 140 valence electrons. The number of nitrogens with one attached hydrogen (secondary N) is 1. The number of rotatable bonds is 9. The third-order valence-electron chi connectivity index (χ3n) is 4.40. The fourth-order valence-electron chi connectivity index (χ4n) is 2.88. The first-order chi connectivity index (χ1) is 12.7. The van der Waals surface area contributed by atoms with Crippen LogP contribution in [0.2, 0.25) is 0 Å². The van der Waals surface area contributed by atoms with Crippen molar-refractivity contribution in [3.8, 4) is 23.0 Å². The molecular formula is C20H26N2O4. The summed E-state index contributed by atoms with van der Waals surface area (Å²) in [6, 6.07) is 5.81. The molecule has 26 heavy (non-hydrogen) atoms. The molecule has 6 heteroatoms. The molecule has 1 aliphatic heterocycles. The molecule has 0 amide bonds. The lowest BCUT2D eigenvalue weighted by molar-refractivity contribution is 0.171. The highest BCUT2D eigenvalue weighted by atomic mass is 16.7. The molecule has 0 bridgehead atoms. The van der Waals surface area contributed by atoms with Crippen LogP contribution in [-0.4, -0.2) is 30.0 Å². The Morgan fingerprint density at radius 3 is 2.77 bits per heavy atom. The summed E-state index contributed by atoms with van der Waals surface area (Å²) in [5.41, 5.74) is 3.12. The average Bonchev–Trinajstić information content (AvgIpc) is 3.14. The number of fused-ring (bicyclic) bond motifs is 1. The summed E-state index contributed by atoms with van der Waals surface area (Å²) in [4.78, 5) is 4.27. The van der Waals surface area contributed by atoms with Crippen molar-refractivity contribution in [3.63, 3.8) is 0 Å². The second-order valence-electron chi connectivity index (χ2n) is 6.42. The summed E-state index contributed by atoms with van der Waals surface area (Å²) in [6.07, 6.45) is 4.63. The molecule has 1 aromatic carbocycles. The van der Waals surface area contributed by atoms with E-state index >= 15 is 0 Å². The van der Waals surface area contributed by atoms with Crippen molar-refractivity contribution < 1.29 is 19.3 Å². The molecule has 0 spiro atoms. The van der Waals surface area contributed by atoms with Crippen LogP contribution in [0.3, 0.4) is 0 Å². The molecule has 2 N–H and O–H groups in total. The highest BCUT2D eigenvalue weighted by molar-refractivity contribution is 5.60. The number of aryl methyl sites for hydroxylation is 1. The van der Waals surface area contributed by atoms with E-state index in [0.717, 1.165) is 54.9 Å². The number of aromatic nitrogens is 1. The third-order valence-corrected chi connectivity index (χ3v) is 4.40. The van der Waals surface area contributed by atoms with Gasteiger partial charge in [0.1, 0.15) is 5.75 Å². The Balaban J connectivity index is 1.72. The van der Waals surface area contributed by atoms with E-state index in [4.69, 9.17) is 19.3 Å². The number of pyridine rings is 1. The third kappa shape index (κ3) is 4.45. The van der Waals surface area contributed by atoms with Gasteiger partial charge in [0.25, 0.3) is 0 Å². The van der Waals surface area contributed by atoms with Crippen LogP contribution in [0, 0.1) is 13.8 Å². The second-order valence-corrected chi connectivity index (χ2v) is 6.42. The van der Waals surface area contributed by atoms with Crippen LogP contribution < -0.4 is 19.5 Å². The minimum absolute atomic E-state index is 0.205. The zero-order valence-electron chi connectivity index (χ0n) is 15.4. The average molecular weight is 358 g/mol. The molecule has 0 radical (unpaired) electrons. The van der Waals surface area contributed by atoms with Gasteiger partial charge in [-0.3, -0.25) is 4.98 Å². The van der Waals surface area contributed by atoms with Gasteiger partial charge >= 0.3 is 0 Å². The predicted molar refractivity (Wildman–Crippen MR) is 99.0 cm³/mol. The number of hydrogen-bond donors (Lipinski definition) is 2. The maximum absolute atomic E-state index is 8.83. The lowest BCUT2D eigenvalue weighted by Gasteiger charge is -2.14. The molecular weight excluding hydrogens is 332 g/mol. The molecule has 0 atom stereocenters. The number of unbranched alkanes of at least 4 members (excludes halogenated alkanes) is 2. The molecule has 0 unspecified atom stereocenters. The topological polar surface area (TPSA) is 72.8 Å². The van der Waals surface area contributed by atoms with Crippen LogP contribution in [0.4, 0.5) is 0 Å². The van der Waals surface area contributed by atoms with Gasteiger partial charge in [-0.25, -0.2) is 0 Å². The number of aliphatic hydroxyl groups excluding tert-OH is 1. The highest BCUT2D eigenvalue weighted by Crippen LogP contribution is 2.46. The molecule has 1 aliphatic rings. The monoisotopic (exact) mass is 358 g/mol. The molecule has 1 aromatic heterocycles. The molecule has 2 aromatic rings. The number of hydrogen-bond acceptors (Lipinski definition) is 6. The van der Waals surface area contributed by atoms with E-state index in [9.17, 15) is 0 Å². The number of benzene rings is 1. The van der Waals surface area contributed by atoms with Crippen molar-refractivity contribution in [3.05, 3.63) is 41.2 Å². The second kappa shape index (κ2) is 8.87. The molecule has 0 saturated heterocycles. The van der Waals surface area contributed by atoms with Gasteiger partial charge in [0.15, 0.2) is 11.5 Å². The Morgan fingerprint density at radius 2 is 2.00 bits per heavy atom. The summed E-state index contributed by atoms with van der Waals surface area (Å²) in [5.74, 6) is 2.71. The lowest BCUT2D eigenvalue weighted by atomic mass is 10.1. The standard InChI is InChI=1S/C20H26N2O4/c1-14-6-7-17(12-22-14)26-18-10-16(11-21-8-4-3-5-9-23)15(2)19-20(18)25-13-24-19/h6-7,10,12,21,23H,3-5,8-9,11,13H2,1-2H3. The van der Waals surface area contributed by atoms with Crippen LogP contribution >= 0.6 is 0 Å². The van der Waals surface area contributed by atoms with Crippen LogP contribution in [0.25, 0.3) is 0 Å². The van der Waals surface area contributed by atoms with Crippen molar-refractivity contribution in [2.45, 2.75) is 39.7 Å². The summed E-state index contributed by atoms with van der Waals surface area (Å²) >= 11 is 0. The van der Waals surface area contributed by atoms with E-state index in [1.807, 2.05) is 32.0 Å². The summed E-state index contributed by atoms with van der Waals surface area (Å²) < 4.78 is 17.3. The van der Waals surface area contributed by atoms with E-state index < -0.39 is 0 Å². The first kappa shape index (κ1) is 18.5. The van der Waals surface area contributed by atoms with Gasteiger partial charge < -0.3 is 24.6 Å². The Kier molecular flexibility index (Phi) is 6.30. The van der Waals surface area contributed by atoms with Crippen molar-refractivity contribution in [1.29, 1.82) is 0 Å². The van der Waals surface area contributed by atoms with Gasteiger partial charge in [0, 0.05) is 18.8 Å². The smallest absolute Gasteiger partial charge is 0.231 e. The molecule has 3 rings (SSSR count). The van der Waals surface area contributed by atoms with Crippen LogP contribution in [0.1, 0.15) is 36.1 Å². The Hall–Kier alpha value is -2.31. The van der Waals surface area contributed by atoms with Gasteiger partial charge in [-0.2, -0.15) is 0 Å². The van der Waals surface area contributed by atoms with Crippen molar-refractivity contribution in [2.75, 3.05) is 19.9 Å². The number of ether oxygens (including phenoxy) is 3. The van der Waals surface area contributed by atoms with Gasteiger partial charge in [-0.1, -0.05) is 0 Å². The number of aliphatic hydroxyl groups is 1. The van der Waals surface area contributed by atoms with E-state index in [2.05, 4.69) is 10.3 Å². The van der Waals surface area contributed by atoms with Gasteiger partial charge in [0.05, 0.1) is 6.20 Å². The zero-order valence-corrected chi connectivity index (χ0v) is 15.4. The quantitative estimate of drug-likeness (QED) is 0.669. The summed E-state index contributed by atoms with van der Waals surface area (Å²) in [7, 11) is 0. The Bertz CT molecular complexity index is 732. The van der Waals surface area contributed by atoms with Crippen molar-refractivity contribution >= 4 is 0 Å². The van der Waals surface area contributed by atoms with Gasteiger partial charge in [0.2, 0.25) is 12.5 Å². The van der Waals surface area contributed by atoms with E-state index in [1.54, 1.807) is 6.20 Å². The minimum Gasteiger partial charge on any atom is -0.453 e. The van der Waals surface area contributed by atoms with E-state index in [1.165, 1.54) is 0 Å². The molecule has 2 heterocycles. The van der Waals surface area contributed by atoms with Crippen molar-refractivity contribution in [1.82, 2.24) is 10.3 Å². The van der Waals surface area contributed by atoms with Gasteiger partial charge in [-0.15, -0.1) is 0 Å². The Labute approximate surface area is 154 Å². The largest absolute Gasteiger partial charge is 0.453 e. The lowest BCUT2D eigenvalue weighted by Crippen LogP contribution is -2.15. The van der Waals surface area contributed by atoms with E-state index in [0.29, 0.717) is 17.2 Å². The van der Waals surface area contributed by atoms with E-state index in [-0.39, 0.29) is 13.4 Å². The summed E-state index contributed by atoms with van der Waals surface area (Å²) in [6.45, 7) is 6.07. The molecule has 0 aliphatic carbocycles. The minimum atomic E-state index is 0.205. The first-order valence-electron chi connectivity index (χ1n) is 9.03. The maximum Gasteiger partial charge on any atom is 0.231 e. The molecule has 6 nitrogen and oxygen atoms in total. The van der Waals surface area contributed by atoms with Crippen molar-refractivity contribution in [2.24, 2.45) is 0 Å². The maximum atomic E-state index is 8.83. The van der Waals surface area contributed by atoms with Gasteiger partial charge in [-0.05, 0) is 69.0 Å². The normalized spacial score (nSPS) is 12.4. The molecule has 0 saturated carbocycles. The highest BCUT2D eigenvalue weighted by Gasteiger charge is 2.24. The Morgan fingerprint density at radius 1 is 1.15 bits per heavy atom. The summed E-state index contributed by atoms with van der Waals surface area (Å²) in [5, 5.41) is 12.3. The first-order valence-corrected chi connectivity index (χ1v) is 9.03. The van der Waals surface area contributed by atoms with Crippen LogP contribution in [0.5, 0.6) is 23.0 Å². The SMILES string of the molecule is Cc1ccc(Oc2cc(CNCCCCCO)c(C)c3c2OCO3)cn1.